The number of sulfonamides is 1. The normalized spacial score (nSPS) is 19.3. The van der Waals surface area contributed by atoms with Gasteiger partial charge >= 0.3 is 0 Å². The van der Waals surface area contributed by atoms with Gasteiger partial charge in [-0.05, 0) is 37.1 Å². The van der Waals surface area contributed by atoms with Crippen LogP contribution < -0.4 is 10.1 Å². The zero-order valence-electron chi connectivity index (χ0n) is 15.9. The van der Waals surface area contributed by atoms with Crippen molar-refractivity contribution in [3.8, 4) is 5.75 Å². The molecule has 1 amide bonds. The number of carbonyl (C=O) groups excluding carboxylic acids is 1. The highest BCUT2D eigenvalue weighted by Crippen LogP contribution is 2.28. The number of methoxy groups -OCH3 is 1. The number of carbonyl (C=O) groups is 1. The number of nitrogens with zero attached hydrogens (tertiary/aromatic N) is 2. The molecule has 1 aromatic carbocycles. The molecule has 8 heteroatoms. The molecule has 1 N–H and O–H groups in total. The Morgan fingerprint density at radius 2 is 1.78 bits per heavy atom. The topological polar surface area (TPSA) is 79.0 Å². The molecule has 0 atom stereocenters. The first-order valence-electron chi connectivity index (χ1n) is 9.67. The van der Waals surface area contributed by atoms with Gasteiger partial charge in [0.2, 0.25) is 15.9 Å². The standard InChI is InChI=1S/C19H29N3O4S/c1-26-17-7-9-18(10-8-17)27(24,25)22(16-5-3-2-4-6-16)15-19(23)21-13-11-20-12-14-21/h7-10,16,20H,2-6,11-15H2,1H3. The summed E-state index contributed by atoms with van der Waals surface area (Å²) < 4.78 is 33.3. The van der Waals surface area contributed by atoms with Gasteiger partial charge in [0, 0.05) is 32.2 Å². The van der Waals surface area contributed by atoms with Crippen LogP contribution in [-0.4, -0.2) is 69.4 Å². The molecule has 150 valence electrons. The molecule has 2 aliphatic rings. The van der Waals surface area contributed by atoms with E-state index in [0.29, 0.717) is 18.8 Å². The summed E-state index contributed by atoms with van der Waals surface area (Å²) in [6.07, 6.45) is 4.75. The number of benzene rings is 1. The molecular formula is C19H29N3O4S. The van der Waals surface area contributed by atoms with E-state index in [9.17, 15) is 13.2 Å². The second-order valence-corrected chi connectivity index (χ2v) is 9.04. The maximum absolute atomic E-state index is 13.4. The SMILES string of the molecule is COc1ccc(S(=O)(=O)N(CC(=O)N2CCNCC2)C2CCCCC2)cc1. The van der Waals surface area contributed by atoms with E-state index in [-0.39, 0.29) is 23.4 Å². The first-order valence-corrected chi connectivity index (χ1v) is 11.1. The summed E-state index contributed by atoms with van der Waals surface area (Å²) in [5.41, 5.74) is 0. The van der Waals surface area contributed by atoms with E-state index in [1.54, 1.807) is 36.3 Å². The van der Waals surface area contributed by atoms with Gasteiger partial charge in [-0.2, -0.15) is 4.31 Å². The quantitative estimate of drug-likeness (QED) is 0.789. The fraction of sp³-hybridized carbons (Fsp3) is 0.632. The first kappa shape index (κ1) is 20.1. The number of rotatable bonds is 6. The predicted molar refractivity (Wildman–Crippen MR) is 103 cm³/mol. The van der Waals surface area contributed by atoms with Crippen molar-refractivity contribution < 1.29 is 17.9 Å². The molecule has 1 aromatic rings. The Labute approximate surface area is 161 Å². The van der Waals surface area contributed by atoms with E-state index in [0.717, 1.165) is 45.2 Å². The Kier molecular flexibility index (Phi) is 6.73. The Balaban J connectivity index is 1.84. The van der Waals surface area contributed by atoms with Crippen LogP contribution in [0.5, 0.6) is 5.75 Å². The number of piperazine rings is 1. The molecule has 0 spiro atoms. The Hall–Kier alpha value is -1.64. The molecule has 3 rings (SSSR count). The average Bonchev–Trinajstić information content (AvgIpc) is 2.73. The van der Waals surface area contributed by atoms with Gasteiger partial charge in [-0.3, -0.25) is 4.79 Å². The molecule has 0 radical (unpaired) electrons. The highest BCUT2D eigenvalue weighted by Gasteiger charge is 2.35. The lowest BCUT2D eigenvalue weighted by atomic mass is 9.95. The number of hydrogen-bond acceptors (Lipinski definition) is 5. The molecule has 0 unspecified atom stereocenters. The molecule has 0 aromatic heterocycles. The van der Waals surface area contributed by atoms with Crippen LogP contribution in [0.15, 0.2) is 29.2 Å². The Bertz CT molecular complexity index is 724. The molecule has 7 nitrogen and oxygen atoms in total. The van der Waals surface area contributed by atoms with Gasteiger partial charge in [0.1, 0.15) is 5.75 Å². The lowest BCUT2D eigenvalue weighted by Gasteiger charge is -2.35. The van der Waals surface area contributed by atoms with E-state index in [2.05, 4.69) is 5.32 Å². The molecule has 1 aliphatic heterocycles. The van der Waals surface area contributed by atoms with Gasteiger partial charge in [0.25, 0.3) is 0 Å². The van der Waals surface area contributed by atoms with Crippen LogP contribution in [0.3, 0.4) is 0 Å². The maximum atomic E-state index is 13.4. The van der Waals surface area contributed by atoms with Crippen LogP contribution in [0, 0.1) is 0 Å². The minimum Gasteiger partial charge on any atom is -0.497 e. The van der Waals surface area contributed by atoms with Crippen molar-refractivity contribution in [1.82, 2.24) is 14.5 Å². The van der Waals surface area contributed by atoms with Gasteiger partial charge < -0.3 is 15.0 Å². The molecule has 1 saturated heterocycles. The first-order chi connectivity index (χ1) is 13.0. The van der Waals surface area contributed by atoms with Crippen molar-refractivity contribution >= 4 is 15.9 Å². The van der Waals surface area contributed by atoms with E-state index >= 15 is 0 Å². The molecule has 0 bridgehead atoms. The summed E-state index contributed by atoms with van der Waals surface area (Å²) in [5.74, 6) is 0.495. The predicted octanol–water partition coefficient (Wildman–Crippen LogP) is 1.45. The number of nitrogens with one attached hydrogen (secondary N) is 1. The van der Waals surface area contributed by atoms with Gasteiger partial charge in [-0.1, -0.05) is 19.3 Å². The van der Waals surface area contributed by atoms with Crippen LogP contribution in [0.2, 0.25) is 0 Å². The molecule has 1 saturated carbocycles. The zero-order chi connectivity index (χ0) is 19.3. The van der Waals surface area contributed by atoms with Crippen LogP contribution in [0.1, 0.15) is 32.1 Å². The third-order valence-corrected chi connectivity index (χ3v) is 7.32. The fourth-order valence-corrected chi connectivity index (χ4v) is 5.44. The highest BCUT2D eigenvalue weighted by atomic mass is 32.2. The van der Waals surface area contributed by atoms with E-state index in [1.165, 1.54) is 4.31 Å². The Morgan fingerprint density at radius 3 is 2.37 bits per heavy atom. The van der Waals surface area contributed by atoms with E-state index in [4.69, 9.17) is 4.74 Å². The van der Waals surface area contributed by atoms with Gasteiger partial charge in [-0.15, -0.1) is 0 Å². The summed E-state index contributed by atoms with van der Waals surface area (Å²) >= 11 is 0. The van der Waals surface area contributed by atoms with E-state index < -0.39 is 10.0 Å². The number of ether oxygens (including phenoxy) is 1. The van der Waals surface area contributed by atoms with Crippen molar-refractivity contribution in [3.63, 3.8) is 0 Å². The van der Waals surface area contributed by atoms with Crippen molar-refractivity contribution in [1.29, 1.82) is 0 Å². The molecule has 27 heavy (non-hydrogen) atoms. The second kappa shape index (κ2) is 9.03. The third kappa shape index (κ3) is 4.80. The van der Waals surface area contributed by atoms with Gasteiger partial charge in [-0.25, -0.2) is 8.42 Å². The van der Waals surface area contributed by atoms with Crippen molar-refractivity contribution in [2.45, 2.75) is 43.0 Å². The summed E-state index contributed by atoms with van der Waals surface area (Å²) in [5, 5.41) is 3.22. The van der Waals surface area contributed by atoms with Crippen LogP contribution in [0.4, 0.5) is 0 Å². The summed E-state index contributed by atoms with van der Waals surface area (Å²) in [4.78, 5) is 14.8. The molecule has 1 aliphatic carbocycles. The van der Waals surface area contributed by atoms with Gasteiger partial charge in [0.15, 0.2) is 0 Å². The largest absolute Gasteiger partial charge is 0.497 e. The summed E-state index contributed by atoms with van der Waals surface area (Å²) in [6.45, 7) is 2.67. The average molecular weight is 396 g/mol. The highest BCUT2D eigenvalue weighted by molar-refractivity contribution is 7.89. The van der Waals surface area contributed by atoms with E-state index in [1.807, 2.05) is 0 Å². The smallest absolute Gasteiger partial charge is 0.243 e. The molecular weight excluding hydrogens is 366 g/mol. The summed E-state index contributed by atoms with van der Waals surface area (Å²) in [7, 11) is -2.20. The third-order valence-electron chi connectivity index (χ3n) is 5.41. The second-order valence-electron chi connectivity index (χ2n) is 7.15. The fourth-order valence-electron chi connectivity index (χ4n) is 3.81. The van der Waals surface area contributed by atoms with Crippen molar-refractivity contribution in [2.75, 3.05) is 39.8 Å². The lowest BCUT2D eigenvalue weighted by molar-refractivity contribution is -0.132. The van der Waals surface area contributed by atoms with Crippen LogP contribution in [-0.2, 0) is 14.8 Å². The minimum atomic E-state index is -3.74. The van der Waals surface area contributed by atoms with Crippen molar-refractivity contribution in [3.05, 3.63) is 24.3 Å². The minimum absolute atomic E-state index is 0.0843. The molecule has 2 fully saturated rings. The Morgan fingerprint density at radius 1 is 1.15 bits per heavy atom. The number of amides is 1. The molecule has 1 heterocycles. The monoisotopic (exact) mass is 395 g/mol. The summed E-state index contributed by atoms with van der Waals surface area (Å²) in [6, 6.07) is 6.28. The maximum Gasteiger partial charge on any atom is 0.243 e. The number of hydrogen-bond donors (Lipinski definition) is 1. The lowest BCUT2D eigenvalue weighted by Crippen LogP contribution is -2.52. The van der Waals surface area contributed by atoms with Crippen LogP contribution in [0.25, 0.3) is 0 Å². The van der Waals surface area contributed by atoms with Gasteiger partial charge in [0.05, 0.1) is 18.6 Å². The zero-order valence-corrected chi connectivity index (χ0v) is 16.7. The van der Waals surface area contributed by atoms with Crippen molar-refractivity contribution in [2.24, 2.45) is 0 Å². The van der Waals surface area contributed by atoms with Crippen LogP contribution >= 0.6 is 0 Å².